The Labute approximate surface area is 173 Å². The van der Waals surface area contributed by atoms with E-state index in [1.165, 1.54) is 18.4 Å². The third-order valence-electron chi connectivity index (χ3n) is 6.46. The number of likely N-dealkylation sites (tertiary alicyclic amines) is 1. The van der Waals surface area contributed by atoms with Gasteiger partial charge in [0.15, 0.2) is 0 Å². The second-order valence-corrected chi connectivity index (χ2v) is 8.89. The lowest BCUT2D eigenvalue weighted by atomic mass is 10.0. The molecule has 29 heavy (non-hydrogen) atoms. The Morgan fingerprint density at radius 1 is 1.21 bits per heavy atom. The van der Waals surface area contributed by atoms with Crippen molar-refractivity contribution < 1.29 is 9.53 Å². The number of carbonyl (C=O) groups is 1. The molecule has 5 nitrogen and oxygen atoms in total. The molecule has 1 unspecified atom stereocenters. The molecule has 1 aliphatic heterocycles. The molecule has 2 aromatic rings. The van der Waals surface area contributed by atoms with Crippen LogP contribution < -0.4 is 4.74 Å². The largest absolute Gasteiger partial charge is 0.493 e. The van der Waals surface area contributed by atoms with Gasteiger partial charge in [-0.05, 0) is 48.9 Å². The van der Waals surface area contributed by atoms with Crippen LogP contribution in [0.2, 0.25) is 0 Å². The van der Waals surface area contributed by atoms with Gasteiger partial charge in [0.25, 0.3) is 0 Å². The van der Waals surface area contributed by atoms with Crippen molar-refractivity contribution in [3.05, 3.63) is 47.3 Å². The minimum absolute atomic E-state index is 0.273. The van der Waals surface area contributed by atoms with E-state index < -0.39 is 0 Å². The third-order valence-corrected chi connectivity index (χ3v) is 6.46. The average Bonchev–Trinajstić information content (AvgIpc) is 3.48. The molecule has 1 aromatic carbocycles. The second-order valence-electron chi connectivity index (χ2n) is 8.89. The monoisotopic (exact) mass is 395 g/mol. The Morgan fingerprint density at radius 2 is 1.97 bits per heavy atom. The zero-order chi connectivity index (χ0) is 20.2. The van der Waals surface area contributed by atoms with Crippen molar-refractivity contribution >= 4 is 5.91 Å². The van der Waals surface area contributed by atoms with Crippen LogP contribution >= 0.6 is 0 Å². The number of amides is 1. The predicted molar refractivity (Wildman–Crippen MR) is 114 cm³/mol. The molecule has 4 rings (SSSR count). The van der Waals surface area contributed by atoms with Crippen LogP contribution in [0.5, 0.6) is 5.75 Å². The van der Waals surface area contributed by atoms with E-state index in [-0.39, 0.29) is 5.92 Å². The van der Waals surface area contributed by atoms with Crippen LogP contribution in [0.25, 0.3) is 0 Å². The van der Waals surface area contributed by atoms with Crippen LogP contribution in [0.3, 0.4) is 0 Å². The SMILES string of the molecule is CC(C)c1ccc(OCCc2cc(C3CCN(C(=O)C4CCCC4)C3)n[nH]2)cc1. The van der Waals surface area contributed by atoms with Gasteiger partial charge in [-0.1, -0.05) is 38.8 Å². The lowest BCUT2D eigenvalue weighted by Gasteiger charge is -2.20. The highest BCUT2D eigenvalue weighted by atomic mass is 16.5. The molecule has 0 radical (unpaired) electrons. The lowest BCUT2D eigenvalue weighted by molar-refractivity contribution is -0.134. The predicted octanol–water partition coefficient (Wildman–Crippen LogP) is 4.66. The van der Waals surface area contributed by atoms with Crippen LogP contribution in [-0.2, 0) is 11.2 Å². The molecule has 1 saturated heterocycles. The summed E-state index contributed by atoms with van der Waals surface area (Å²) in [5.74, 6) is 2.45. The number of ether oxygens (including phenoxy) is 1. The fourth-order valence-corrected chi connectivity index (χ4v) is 4.58. The van der Waals surface area contributed by atoms with Crippen molar-refractivity contribution in [1.29, 1.82) is 0 Å². The maximum Gasteiger partial charge on any atom is 0.225 e. The normalized spacial score (nSPS) is 20.0. The van der Waals surface area contributed by atoms with Crippen molar-refractivity contribution in [1.82, 2.24) is 15.1 Å². The number of nitrogens with zero attached hydrogens (tertiary/aromatic N) is 2. The summed E-state index contributed by atoms with van der Waals surface area (Å²) in [5.41, 5.74) is 3.51. The summed E-state index contributed by atoms with van der Waals surface area (Å²) in [6.45, 7) is 6.70. The van der Waals surface area contributed by atoms with Gasteiger partial charge in [0.1, 0.15) is 5.75 Å². The smallest absolute Gasteiger partial charge is 0.225 e. The van der Waals surface area contributed by atoms with Gasteiger partial charge in [0, 0.05) is 37.0 Å². The van der Waals surface area contributed by atoms with E-state index in [0.29, 0.717) is 24.3 Å². The van der Waals surface area contributed by atoms with Gasteiger partial charge in [-0.25, -0.2) is 0 Å². The first kappa shape index (κ1) is 20.0. The molecule has 2 aliphatic rings. The van der Waals surface area contributed by atoms with Gasteiger partial charge in [-0.15, -0.1) is 0 Å². The van der Waals surface area contributed by atoms with Crippen molar-refractivity contribution in [3.8, 4) is 5.75 Å². The molecular formula is C24H33N3O2. The number of rotatable bonds is 7. The van der Waals surface area contributed by atoms with Gasteiger partial charge in [-0.3, -0.25) is 9.89 Å². The summed E-state index contributed by atoms with van der Waals surface area (Å²) >= 11 is 0. The van der Waals surface area contributed by atoms with Gasteiger partial charge >= 0.3 is 0 Å². The summed E-state index contributed by atoms with van der Waals surface area (Å²) < 4.78 is 5.88. The summed E-state index contributed by atoms with van der Waals surface area (Å²) in [7, 11) is 0. The van der Waals surface area contributed by atoms with Gasteiger partial charge in [0.2, 0.25) is 5.91 Å². The average molecular weight is 396 g/mol. The summed E-state index contributed by atoms with van der Waals surface area (Å²) in [6, 6.07) is 10.5. The van der Waals surface area contributed by atoms with Crippen molar-refractivity contribution in [3.63, 3.8) is 0 Å². The molecule has 1 N–H and O–H groups in total. The lowest BCUT2D eigenvalue weighted by Crippen LogP contribution is -2.33. The highest BCUT2D eigenvalue weighted by Gasteiger charge is 2.33. The van der Waals surface area contributed by atoms with Crippen molar-refractivity contribution in [2.75, 3.05) is 19.7 Å². The van der Waals surface area contributed by atoms with E-state index in [9.17, 15) is 4.79 Å². The number of hydrogen-bond donors (Lipinski definition) is 1. The van der Waals surface area contributed by atoms with Gasteiger partial charge in [-0.2, -0.15) is 5.10 Å². The molecule has 1 saturated carbocycles. The zero-order valence-corrected chi connectivity index (χ0v) is 17.7. The Kier molecular flexibility index (Phi) is 6.22. The quantitative estimate of drug-likeness (QED) is 0.742. The van der Waals surface area contributed by atoms with Crippen LogP contribution in [0.4, 0.5) is 0 Å². The van der Waals surface area contributed by atoms with Gasteiger partial charge in [0.05, 0.1) is 12.3 Å². The molecule has 5 heteroatoms. The summed E-state index contributed by atoms with van der Waals surface area (Å²) in [5, 5.41) is 7.69. The van der Waals surface area contributed by atoms with Gasteiger partial charge < -0.3 is 9.64 Å². The Balaban J connectivity index is 1.25. The van der Waals surface area contributed by atoms with Crippen LogP contribution in [-0.4, -0.2) is 40.7 Å². The summed E-state index contributed by atoms with van der Waals surface area (Å²) in [4.78, 5) is 14.7. The number of hydrogen-bond acceptors (Lipinski definition) is 3. The minimum atomic E-state index is 0.273. The highest BCUT2D eigenvalue weighted by Crippen LogP contribution is 2.31. The maximum absolute atomic E-state index is 12.6. The Hall–Kier alpha value is -2.30. The first-order chi connectivity index (χ1) is 14.1. The standard InChI is InChI=1S/C24H33N3O2/c1-17(2)18-7-9-22(10-8-18)29-14-12-21-15-23(26-25-21)20-11-13-27(16-20)24(28)19-5-3-4-6-19/h7-10,15,17,19-20H,3-6,11-14,16H2,1-2H3,(H,25,26). The van der Waals surface area contributed by atoms with Crippen LogP contribution in [0, 0.1) is 5.92 Å². The van der Waals surface area contributed by atoms with E-state index in [0.717, 1.165) is 55.9 Å². The van der Waals surface area contributed by atoms with E-state index in [1.54, 1.807) is 0 Å². The minimum Gasteiger partial charge on any atom is -0.493 e. The van der Waals surface area contributed by atoms with E-state index in [2.05, 4.69) is 47.1 Å². The zero-order valence-electron chi connectivity index (χ0n) is 17.7. The number of aromatic amines is 1. The number of H-pyrrole nitrogens is 1. The fraction of sp³-hybridized carbons (Fsp3) is 0.583. The molecule has 156 valence electrons. The molecule has 1 aliphatic carbocycles. The molecule has 2 heterocycles. The third kappa shape index (κ3) is 4.82. The topological polar surface area (TPSA) is 58.2 Å². The van der Waals surface area contributed by atoms with E-state index >= 15 is 0 Å². The molecule has 1 aromatic heterocycles. The summed E-state index contributed by atoms with van der Waals surface area (Å²) in [6.07, 6.45) is 6.39. The number of aromatic nitrogens is 2. The van der Waals surface area contributed by atoms with Crippen molar-refractivity contribution in [2.24, 2.45) is 5.92 Å². The highest BCUT2D eigenvalue weighted by molar-refractivity contribution is 5.79. The molecule has 2 fully saturated rings. The molecule has 1 atom stereocenters. The van der Waals surface area contributed by atoms with Crippen LogP contribution in [0.1, 0.15) is 74.7 Å². The van der Waals surface area contributed by atoms with E-state index in [4.69, 9.17) is 4.74 Å². The van der Waals surface area contributed by atoms with E-state index in [1.807, 2.05) is 12.1 Å². The van der Waals surface area contributed by atoms with Crippen molar-refractivity contribution in [2.45, 2.75) is 64.2 Å². The first-order valence-corrected chi connectivity index (χ1v) is 11.2. The Morgan fingerprint density at radius 3 is 2.69 bits per heavy atom. The Bertz CT molecular complexity index is 806. The van der Waals surface area contributed by atoms with Crippen LogP contribution in [0.15, 0.2) is 30.3 Å². The molecular weight excluding hydrogens is 362 g/mol. The number of carbonyl (C=O) groups excluding carboxylic acids is 1. The molecule has 1 amide bonds. The molecule has 0 spiro atoms. The molecule has 0 bridgehead atoms. The second kappa shape index (κ2) is 9.02. The fourth-order valence-electron chi connectivity index (χ4n) is 4.58. The first-order valence-electron chi connectivity index (χ1n) is 11.2. The maximum atomic E-state index is 12.6. The number of benzene rings is 1. The number of nitrogens with one attached hydrogen (secondary N) is 1.